The minimum atomic E-state index is -2.80. The standard InChI is InChI=1S/C9H17NO3S/c1-8(7-9(2)11)10-3-5-14(12,13)6-4-10/h8H,3-7H2,1-2H3. The molecule has 0 N–H and O–H groups in total. The van der Waals surface area contributed by atoms with Crippen LogP contribution in [0.4, 0.5) is 0 Å². The molecule has 1 fully saturated rings. The van der Waals surface area contributed by atoms with Crippen molar-refractivity contribution in [3.05, 3.63) is 0 Å². The average Bonchev–Trinajstić information content (AvgIpc) is 2.02. The van der Waals surface area contributed by atoms with E-state index < -0.39 is 9.84 Å². The van der Waals surface area contributed by atoms with Crippen LogP contribution in [0.25, 0.3) is 0 Å². The van der Waals surface area contributed by atoms with Crippen LogP contribution in [0.5, 0.6) is 0 Å². The zero-order chi connectivity index (χ0) is 10.8. The van der Waals surface area contributed by atoms with E-state index in [2.05, 4.69) is 4.90 Å². The van der Waals surface area contributed by atoms with Crippen molar-refractivity contribution in [2.45, 2.75) is 26.3 Å². The van der Waals surface area contributed by atoms with Gasteiger partial charge in [0.25, 0.3) is 0 Å². The summed E-state index contributed by atoms with van der Waals surface area (Å²) in [5, 5.41) is 0. The van der Waals surface area contributed by atoms with E-state index in [1.54, 1.807) is 6.92 Å². The number of hydrogen-bond donors (Lipinski definition) is 0. The minimum absolute atomic E-state index is 0.158. The quantitative estimate of drug-likeness (QED) is 0.675. The number of carbonyl (C=O) groups is 1. The summed E-state index contributed by atoms with van der Waals surface area (Å²) in [5.41, 5.74) is 0. The lowest BCUT2D eigenvalue weighted by atomic mass is 10.1. The summed E-state index contributed by atoms with van der Waals surface area (Å²) in [5.74, 6) is 0.621. The third-order valence-corrected chi connectivity index (χ3v) is 4.19. The zero-order valence-corrected chi connectivity index (χ0v) is 9.51. The van der Waals surface area contributed by atoms with Crippen molar-refractivity contribution in [3.8, 4) is 0 Å². The van der Waals surface area contributed by atoms with Crippen molar-refractivity contribution in [2.24, 2.45) is 0 Å². The lowest BCUT2D eigenvalue weighted by Gasteiger charge is -2.31. The maximum Gasteiger partial charge on any atom is 0.152 e. The van der Waals surface area contributed by atoms with Crippen LogP contribution in [0, 0.1) is 0 Å². The Morgan fingerprint density at radius 1 is 1.36 bits per heavy atom. The molecule has 4 nitrogen and oxygen atoms in total. The summed E-state index contributed by atoms with van der Waals surface area (Å²) in [6.07, 6.45) is 0.514. The Morgan fingerprint density at radius 3 is 2.29 bits per heavy atom. The van der Waals surface area contributed by atoms with E-state index in [-0.39, 0.29) is 23.3 Å². The van der Waals surface area contributed by atoms with Gasteiger partial charge in [0.2, 0.25) is 0 Å². The molecule has 0 saturated carbocycles. The average molecular weight is 219 g/mol. The highest BCUT2D eigenvalue weighted by Gasteiger charge is 2.25. The number of nitrogens with zero attached hydrogens (tertiary/aromatic N) is 1. The lowest BCUT2D eigenvalue weighted by molar-refractivity contribution is -0.118. The molecular weight excluding hydrogens is 202 g/mol. The monoisotopic (exact) mass is 219 g/mol. The third-order valence-electron chi connectivity index (χ3n) is 2.59. The van der Waals surface area contributed by atoms with E-state index >= 15 is 0 Å². The van der Waals surface area contributed by atoms with Crippen LogP contribution >= 0.6 is 0 Å². The molecule has 1 unspecified atom stereocenters. The molecule has 0 aromatic carbocycles. The van der Waals surface area contributed by atoms with Gasteiger partial charge in [0.15, 0.2) is 9.84 Å². The first-order chi connectivity index (χ1) is 6.41. The fourth-order valence-corrected chi connectivity index (χ4v) is 2.94. The Labute approximate surface area is 85.2 Å². The molecule has 14 heavy (non-hydrogen) atoms. The van der Waals surface area contributed by atoms with Gasteiger partial charge in [0.1, 0.15) is 5.78 Å². The Bertz CT molecular complexity index is 296. The number of carbonyl (C=O) groups excluding carboxylic acids is 1. The number of rotatable bonds is 3. The Kier molecular flexibility index (Phi) is 3.66. The Morgan fingerprint density at radius 2 is 1.86 bits per heavy atom. The van der Waals surface area contributed by atoms with Gasteiger partial charge in [-0.05, 0) is 13.8 Å². The van der Waals surface area contributed by atoms with Crippen molar-refractivity contribution in [1.29, 1.82) is 0 Å². The van der Waals surface area contributed by atoms with Gasteiger partial charge < -0.3 is 0 Å². The van der Waals surface area contributed by atoms with Crippen LogP contribution in [-0.4, -0.2) is 49.7 Å². The molecule has 82 valence electrons. The smallest absolute Gasteiger partial charge is 0.152 e. The molecular formula is C9H17NO3S. The molecule has 1 heterocycles. The second-order valence-corrected chi connectivity index (χ2v) is 6.25. The minimum Gasteiger partial charge on any atom is -0.300 e. The van der Waals surface area contributed by atoms with Gasteiger partial charge in [-0.15, -0.1) is 0 Å². The fraction of sp³-hybridized carbons (Fsp3) is 0.889. The van der Waals surface area contributed by atoms with Crippen molar-refractivity contribution in [2.75, 3.05) is 24.6 Å². The Hall–Kier alpha value is -0.420. The van der Waals surface area contributed by atoms with Gasteiger partial charge in [-0.2, -0.15) is 0 Å². The summed E-state index contributed by atoms with van der Waals surface area (Å²) in [4.78, 5) is 13.0. The number of Topliss-reactive ketones (excluding diaryl/α,β-unsaturated/α-hetero) is 1. The van der Waals surface area contributed by atoms with E-state index in [1.807, 2.05) is 6.92 Å². The zero-order valence-electron chi connectivity index (χ0n) is 8.69. The van der Waals surface area contributed by atoms with Gasteiger partial charge in [-0.3, -0.25) is 9.69 Å². The van der Waals surface area contributed by atoms with E-state index in [9.17, 15) is 13.2 Å². The van der Waals surface area contributed by atoms with E-state index in [4.69, 9.17) is 0 Å². The van der Waals surface area contributed by atoms with Crippen molar-refractivity contribution in [1.82, 2.24) is 4.90 Å². The largest absolute Gasteiger partial charge is 0.300 e. The number of sulfone groups is 1. The molecule has 1 aliphatic heterocycles. The fourth-order valence-electron chi connectivity index (χ4n) is 1.71. The summed E-state index contributed by atoms with van der Waals surface area (Å²) < 4.78 is 22.3. The molecule has 1 aliphatic rings. The first kappa shape index (κ1) is 11.7. The van der Waals surface area contributed by atoms with Crippen LogP contribution in [0.2, 0.25) is 0 Å². The Balaban J connectivity index is 2.45. The van der Waals surface area contributed by atoms with Gasteiger partial charge in [-0.1, -0.05) is 0 Å². The van der Waals surface area contributed by atoms with Crippen LogP contribution in [0.1, 0.15) is 20.3 Å². The highest BCUT2D eigenvalue weighted by molar-refractivity contribution is 7.91. The topological polar surface area (TPSA) is 54.5 Å². The summed E-state index contributed by atoms with van der Waals surface area (Å²) in [6, 6.07) is 0.169. The molecule has 0 spiro atoms. The molecule has 0 aromatic rings. The molecule has 0 amide bonds. The molecule has 1 atom stereocenters. The molecule has 0 radical (unpaired) electrons. The lowest BCUT2D eigenvalue weighted by Crippen LogP contribution is -2.45. The number of ketones is 1. The third kappa shape index (κ3) is 3.38. The van der Waals surface area contributed by atoms with Gasteiger partial charge in [-0.25, -0.2) is 8.42 Å². The molecule has 0 aliphatic carbocycles. The van der Waals surface area contributed by atoms with Crippen LogP contribution in [0.15, 0.2) is 0 Å². The summed E-state index contributed by atoms with van der Waals surface area (Å²) in [7, 11) is -2.80. The van der Waals surface area contributed by atoms with Crippen LogP contribution < -0.4 is 0 Å². The summed E-state index contributed by atoms with van der Waals surface area (Å²) in [6.45, 7) is 4.67. The maximum absolute atomic E-state index is 11.1. The van der Waals surface area contributed by atoms with Gasteiger partial charge in [0, 0.05) is 25.6 Å². The molecule has 0 aromatic heterocycles. The molecule has 5 heteroatoms. The predicted octanol–water partition coefficient (Wildman–Crippen LogP) is 0.0844. The van der Waals surface area contributed by atoms with Gasteiger partial charge in [0.05, 0.1) is 11.5 Å². The highest BCUT2D eigenvalue weighted by atomic mass is 32.2. The second-order valence-electron chi connectivity index (χ2n) is 3.94. The van der Waals surface area contributed by atoms with E-state index in [0.29, 0.717) is 19.5 Å². The number of hydrogen-bond acceptors (Lipinski definition) is 4. The van der Waals surface area contributed by atoms with Crippen molar-refractivity contribution in [3.63, 3.8) is 0 Å². The first-order valence-electron chi connectivity index (χ1n) is 4.84. The van der Waals surface area contributed by atoms with E-state index in [0.717, 1.165) is 0 Å². The molecule has 0 bridgehead atoms. The predicted molar refractivity (Wildman–Crippen MR) is 55.0 cm³/mol. The molecule has 1 saturated heterocycles. The highest BCUT2D eigenvalue weighted by Crippen LogP contribution is 2.10. The SMILES string of the molecule is CC(=O)CC(C)N1CCS(=O)(=O)CC1. The summed E-state index contributed by atoms with van der Waals surface area (Å²) >= 11 is 0. The maximum atomic E-state index is 11.1. The first-order valence-corrected chi connectivity index (χ1v) is 6.67. The molecule has 1 rings (SSSR count). The van der Waals surface area contributed by atoms with E-state index in [1.165, 1.54) is 0 Å². The van der Waals surface area contributed by atoms with Crippen LogP contribution in [-0.2, 0) is 14.6 Å². The normalized spacial score (nSPS) is 24.4. The van der Waals surface area contributed by atoms with Crippen molar-refractivity contribution >= 4 is 15.6 Å². The van der Waals surface area contributed by atoms with Crippen LogP contribution in [0.3, 0.4) is 0 Å². The second kappa shape index (κ2) is 4.40. The van der Waals surface area contributed by atoms with Gasteiger partial charge >= 0.3 is 0 Å². The van der Waals surface area contributed by atoms with Crippen molar-refractivity contribution < 1.29 is 13.2 Å².